The first kappa shape index (κ1) is 33.2. The minimum absolute atomic E-state index is 0.0703. The zero-order valence-corrected chi connectivity index (χ0v) is 28.8. The van der Waals surface area contributed by atoms with Crippen molar-refractivity contribution in [1.82, 2.24) is 44.6 Å². The fourth-order valence-electron chi connectivity index (χ4n) is 6.48. The van der Waals surface area contributed by atoms with E-state index < -0.39 is 0 Å². The summed E-state index contributed by atoms with van der Waals surface area (Å²) in [7, 11) is 0. The molecule has 6 bridgehead atoms. The quantitative estimate of drug-likeness (QED) is 0.237. The van der Waals surface area contributed by atoms with Gasteiger partial charge in [-0.25, -0.2) is 15.0 Å². The monoisotopic (exact) mass is 681 g/mol. The first-order chi connectivity index (χ1) is 24.8. The molecule has 0 saturated carbocycles. The van der Waals surface area contributed by atoms with Crippen LogP contribution in [0.5, 0.6) is 0 Å². The second-order valence-electron chi connectivity index (χ2n) is 12.6. The fourth-order valence-corrected chi connectivity index (χ4v) is 6.48. The minimum atomic E-state index is -0.383. The van der Waals surface area contributed by atoms with Gasteiger partial charge in [0.2, 0.25) is 0 Å². The summed E-state index contributed by atoms with van der Waals surface area (Å²) in [4.78, 5) is 55.6. The number of carbonyl (C=O) groups is 3. The van der Waals surface area contributed by atoms with Gasteiger partial charge in [-0.3, -0.25) is 14.4 Å². The molecule has 0 aliphatic carbocycles. The number of carbonyl (C=O) groups excluding carboxylic acids is 3. The Labute approximate surface area is 295 Å². The van der Waals surface area contributed by atoms with E-state index in [1.807, 2.05) is 125 Å². The van der Waals surface area contributed by atoms with Crippen LogP contribution in [0.1, 0.15) is 82.7 Å². The molecule has 3 amide bonds. The summed E-state index contributed by atoms with van der Waals surface area (Å²) in [5, 5.41) is 8.98. The molecule has 12 nitrogen and oxygen atoms in total. The number of nitrogens with one attached hydrogen (secondary N) is 3. The topological polar surface area (TPSA) is 141 Å². The van der Waals surface area contributed by atoms with E-state index in [1.54, 1.807) is 0 Å². The molecule has 0 radical (unpaired) electrons. The normalized spacial score (nSPS) is 13.6. The maximum Gasteiger partial charge on any atom is 0.272 e. The number of amides is 3. The maximum absolute atomic E-state index is 13.8. The Morgan fingerprint density at radius 1 is 0.451 bits per heavy atom. The van der Waals surface area contributed by atoms with Crippen LogP contribution in [-0.2, 0) is 39.3 Å². The third-order valence-corrected chi connectivity index (χ3v) is 9.32. The minimum Gasteiger partial charge on any atom is -0.343 e. The van der Waals surface area contributed by atoms with Gasteiger partial charge in [-0.15, -0.1) is 0 Å². The summed E-state index contributed by atoms with van der Waals surface area (Å²) in [6.07, 6.45) is 0. The van der Waals surface area contributed by atoms with Crippen molar-refractivity contribution < 1.29 is 14.4 Å². The summed E-state index contributed by atoms with van der Waals surface area (Å²) in [5.74, 6) is 0.457. The van der Waals surface area contributed by atoms with Crippen LogP contribution in [0.25, 0.3) is 0 Å². The number of aromatic nitrogens is 6. The van der Waals surface area contributed by atoms with Crippen molar-refractivity contribution in [3.8, 4) is 0 Å². The molecule has 1 aliphatic heterocycles. The molecule has 3 aromatic carbocycles. The lowest BCUT2D eigenvalue weighted by Crippen LogP contribution is -2.27. The highest BCUT2D eigenvalue weighted by molar-refractivity contribution is 5.95. The molecular weight excluding hydrogens is 642 g/mol. The molecule has 3 N–H and O–H groups in total. The zero-order valence-electron chi connectivity index (χ0n) is 28.8. The molecule has 7 rings (SSSR count). The third kappa shape index (κ3) is 6.93. The van der Waals surface area contributed by atoms with Crippen LogP contribution in [0.2, 0.25) is 0 Å². The predicted molar refractivity (Wildman–Crippen MR) is 191 cm³/mol. The van der Waals surface area contributed by atoms with E-state index in [4.69, 9.17) is 15.0 Å². The van der Waals surface area contributed by atoms with Gasteiger partial charge in [-0.1, -0.05) is 91.0 Å². The number of benzene rings is 3. The van der Waals surface area contributed by atoms with Crippen molar-refractivity contribution in [2.45, 2.75) is 60.0 Å². The van der Waals surface area contributed by atoms with Crippen LogP contribution in [-0.4, -0.2) is 46.4 Å². The average Bonchev–Trinajstić information content (AvgIpc) is 3.75. The van der Waals surface area contributed by atoms with Crippen LogP contribution in [0.3, 0.4) is 0 Å². The molecule has 0 unspecified atom stereocenters. The first-order valence-corrected chi connectivity index (χ1v) is 16.9. The number of imidazole rings is 3. The summed E-state index contributed by atoms with van der Waals surface area (Å²) in [6.45, 7) is 7.15. The molecule has 1 aliphatic rings. The lowest BCUT2D eigenvalue weighted by molar-refractivity contribution is 0.0938. The molecule has 12 heteroatoms. The van der Waals surface area contributed by atoms with E-state index in [1.165, 1.54) is 0 Å². The zero-order chi connectivity index (χ0) is 35.5. The van der Waals surface area contributed by atoms with Gasteiger partial charge >= 0.3 is 0 Å². The van der Waals surface area contributed by atoms with Crippen molar-refractivity contribution in [3.63, 3.8) is 0 Å². The highest BCUT2D eigenvalue weighted by Crippen LogP contribution is 2.20. The van der Waals surface area contributed by atoms with Gasteiger partial charge in [0.05, 0.1) is 19.6 Å². The molecule has 0 saturated heterocycles. The highest BCUT2D eigenvalue weighted by Gasteiger charge is 2.26. The van der Waals surface area contributed by atoms with E-state index in [2.05, 4.69) is 16.0 Å². The summed E-state index contributed by atoms with van der Waals surface area (Å²) in [6, 6.07) is 29.7. The van der Waals surface area contributed by atoms with Gasteiger partial charge in [0.25, 0.3) is 17.7 Å². The second kappa shape index (κ2) is 14.3. The van der Waals surface area contributed by atoms with Crippen molar-refractivity contribution in [1.29, 1.82) is 0 Å². The molecule has 6 aromatic rings. The smallest absolute Gasteiger partial charge is 0.272 e. The first-order valence-electron chi connectivity index (χ1n) is 16.9. The number of hydrogen-bond acceptors (Lipinski definition) is 6. The third-order valence-electron chi connectivity index (χ3n) is 9.32. The Hall–Kier alpha value is -6.30. The van der Waals surface area contributed by atoms with Gasteiger partial charge in [-0.05, 0) is 37.5 Å². The van der Waals surface area contributed by atoms with Crippen molar-refractivity contribution in [2.75, 3.05) is 0 Å². The molecule has 0 spiro atoms. The van der Waals surface area contributed by atoms with Crippen molar-refractivity contribution in [3.05, 3.63) is 159 Å². The molecular formula is C39H39N9O3. The molecule has 0 atom stereocenters. The summed E-state index contributed by atoms with van der Waals surface area (Å²) < 4.78 is 5.85. The van der Waals surface area contributed by atoms with Crippen molar-refractivity contribution in [2.24, 2.45) is 0 Å². The molecule has 0 fully saturated rings. The standard InChI is InChI=1S/C39H39N9O3/c1-25-34-37(49)40-20-32-44-36(27(3)47(32)23-29-15-9-5-10-16-29)39(51)42-21-33-45-35(26(2)48(33)24-30-17-11-6-12-18-30)38(50)41-19-31(43-34)46(25)22-28-13-7-4-8-14-28/h4-18H,19-24H2,1-3H3,(H,40,49)(H,41,50)(H,42,51). The van der Waals surface area contributed by atoms with E-state index in [-0.39, 0.29) is 54.4 Å². The van der Waals surface area contributed by atoms with E-state index >= 15 is 0 Å². The SMILES string of the molecule is Cc1c2nc(n1Cc1ccccc1)CNC(=O)c1nc(n(Cc3ccccc3)c1C)CNC(=O)c1nc(n(Cc3ccccc3)c1C)CNC2=O. The maximum atomic E-state index is 13.8. The largest absolute Gasteiger partial charge is 0.343 e. The Kier molecular flexibility index (Phi) is 9.30. The Balaban J connectivity index is 1.31. The predicted octanol–water partition coefficient (Wildman–Crippen LogP) is 4.45. The summed E-state index contributed by atoms with van der Waals surface area (Å²) in [5.41, 5.74) is 5.81. The van der Waals surface area contributed by atoms with E-state index in [0.29, 0.717) is 54.2 Å². The van der Waals surface area contributed by atoms with Crippen LogP contribution in [0.15, 0.2) is 91.0 Å². The van der Waals surface area contributed by atoms with Crippen LogP contribution in [0, 0.1) is 20.8 Å². The van der Waals surface area contributed by atoms with Gasteiger partial charge in [0.1, 0.15) is 34.6 Å². The highest BCUT2D eigenvalue weighted by atomic mass is 16.2. The average molecular weight is 682 g/mol. The Morgan fingerprint density at radius 3 is 0.961 bits per heavy atom. The molecule has 51 heavy (non-hydrogen) atoms. The van der Waals surface area contributed by atoms with Crippen LogP contribution >= 0.6 is 0 Å². The molecule has 4 heterocycles. The number of fused-ring (bicyclic) bond motifs is 6. The van der Waals surface area contributed by atoms with E-state index in [0.717, 1.165) is 16.7 Å². The lowest BCUT2D eigenvalue weighted by Gasteiger charge is -2.12. The Morgan fingerprint density at radius 2 is 0.706 bits per heavy atom. The number of nitrogens with zero attached hydrogens (tertiary/aromatic N) is 6. The van der Waals surface area contributed by atoms with Crippen molar-refractivity contribution >= 4 is 17.7 Å². The van der Waals surface area contributed by atoms with Crippen LogP contribution < -0.4 is 16.0 Å². The van der Waals surface area contributed by atoms with E-state index in [9.17, 15) is 14.4 Å². The number of rotatable bonds is 6. The molecule has 3 aromatic heterocycles. The molecule has 258 valence electrons. The Bertz CT molecular complexity index is 1970. The van der Waals surface area contributed by atoms with Gasteiger partial charge in [0.15, 0.2) is 0 Å². The number of hydrogen-bond donors (Lipinski definition) is 3. The van der Waals surface area contributed by atoms with Crippen LogP contribution in [0.4, 0.5) is 0 Å². The summed E-state index contributed by atoms with van der Waals surface area (Å²) >= 11 is 0. The fraction of sp³-hybridized carbons (Fsp3) is 0.231. The second-order valence-corrected chi connectivity index (χ2v) is 12.6. The van der Waals surface area contributed by atoms with Gasteiger partial charge in [-0.2, -0.15) is 0 Å². The van der Waals surface area contributed by atoms with Gasteiger partial charge in [0, 0.05) is 36.7 Å². The van der Waals surface area contributed by atoms with Gasteiger partial charge < -0.3 is 29.7 Å². The lowest BCUT2D eigenvalue weighted by atomic mass is 10.2.